The molecule has 1 aromatic heterocycles. The summed E-state index contributed by atoms with van der Waals surface area (Å²) in [5.74, 6) is 0.0152. The standard InChI is InChI=1S/C12H15BrN2O2/c1-8-7-17-9(2)6-15(8)12(16)10-3-11(13)5-14-4-10/h3-5,8-9H,6-7H2,1-2H3/t8-,9+/m1/s1. The van der Waals surface area contributed by atoms with E-state index in [1.54, 1.807) is 18.5 Å². The molecule has 0 bridgehead atoms. The number of pyridine rings is 1. The van der Waals surface area contributed by atoms with Crippen LogP contribution < -0.4 is 0 Å². The molecule has 17 heavy (non-hydrogen) atoms. The molecule has 0 aromatic carbocycles. The van der Waals surface area contributed by atoms with Gasteiger partial charge in [-0.1, -0.05) is 0 Å². The first-order valence-electron chi connectivity index (χ1n) is 5.61. The number of rotatable bonds is 1. The Morgan fingerprint density at radius 3 is 3.00 bits per heavy atom. The highest BCUT2D eigenvalue weighted by molar-refractivity contribution is 9.10. The highest BCUT2D eigenvalue weighted by Crippen LogP contribution is 2.17. The topological polar surface area (TPSA) is 42.4 Å². The predicted octanol–water partition coefficient (Wildman–Crippen LogP) is 2.09. The Bertz CT molecular complexity index is 425. The highest BCUT2D eigenvalue weighted by atomic mass is 79.9. The smallest absolute Gasteiger partial charge is 0.255 e. The van der Waals surface area contributed by atoms with E-state index in [9.17, 15) is 4.79 Å². The molecule has 1 aliphatic heterocycles. The summed E-state index contributed by atoms with van der Waals surface area (Å²) in [6, 6.07) is 1.90. The van der Waals surface area contributed by atoms with Gasteiger partial charge in [-0.25, -0.2) is 0 Å². The Morgan fingerprint density at radius 1 is 1.53 bits per heavy atom. The van der Waals surface area contributed by atoms with Crippen LogP contribution >= 0.6 is 15.9 Å². The van der Waals surface area contributed by atoms with Crippen molar-refractivity contribution in [3.05, 3.63) is 28.5 Å². The number of carbonyl (C=O) groups is 1. The average molecular weight is 299 g/mol. The minimum absolute atomic E-state index is 0.0152. The zero-order valence-corrected chi connectivity index (χ0v) is 11.5. The lowest BCUT2D eigenvalue weighted by Gasteiger charge is -2.36. The fourth-order valence-electron chi connectivity index (χ4n) is 1.88. The lowest BCUT2D eigenvalue weighted by atomic mass is 10.1. The zero-order chi connectivity index (χ0) is 12.4. The molecule has 92 valence electrons. The minimum atomic E-state index is 0.0152. The summed E-state index contributed by atoms with van der Waals surface area (Å²) in [5, 5.41) is 0. The van der Waals surface area contributed by atoms with Crippen molar-refractivity contribution in [3.8, 4) is 0 Å². The van der Waals surface area contributed by atoms with Crippen molar-refractivity contribution in [1.82, 2.24) is 9.88 Å². The fraction of sp³-hybridized carbons (Fsp3) is 0.500. The Kier molecular flexibility index (Phi) is 3.79. The first-order valence-corrected chi connectivity index (χ1v) is 6.40. The van der Waals surface area contributed by atoms with Crippen molar-refractivity contribution in [2.24, 2.45) is 0 Å². The number of nitrogens with zero attached hydrogens (tertiary/aromatic N) is 2. The summed E-state index contributed by atoms with van der Waals surface area (Å²) in [5.41, 5.74) is 0.611. The molecule has 0 N–H and O–H groups in total. The molecule has 4 nitrogen and oxygen atoms in total. The van der Waals surface area contributed by atoms with Gasteiger partial charge in [0, 0.05) is 23.4 Å². The van der Waals surface area contributed by atoms with Gasteiger partial charge < -0.3 is 9.64 Å². The number of hydrogen-bond acceptors (Lipinski definition) is 3. The third-order valence-corrected chi connectivity index (χ3v) is 3.25. The Labute approximate surface area is 109 Å². The quantitative estimate of drug-likeness (QED) is 0.797. The summed E-state index contributed by atoms with van der Waals surface area (Å²) in [7, 11) is 0. The molecule has 0 unspecified atom stereocenters. The predicted molar refractivity (Wildman–Crippen MR) is 67.8 cm³/mol. The molecule has 0 aliphatic carbocycles. The average Bonchev–Trinajstić information content (AvgIpc) is 2.31. The number of ether oxygens (including phenoxy) is 1. The molecule has 2 atom stereocenters. The van der Waals surface area contributed by atoms with Gasteiger partial charge in [-0.15, -0.1) is 0 Å². The van der Waals surface area contributed by atoms with Crippen LogP contribution in [0, 0.1) is 0 Å². The number of morpholine rings is 1. The fourth-order valence-corrected chi connectivity index (χ4v) is 2.25. The number of carbonyl (C=O) groups excluding carboxylic acids is 1. The largest absolute Gasteiger partial charge is 0.375 e. The van der Waals surface area contributed by atoms with Gasteiger partial charge in [0.05, 0.1) is 24.3 Å². The van der Waals surface area contributed by atoms with E-state index >= 15 is 0 Å². The van der Waals surface area contributed by atoms with E-state index in [1.165, 1.54) is 0 Å². The third-order valence-electron chi connectivity index (χ3n) is 2.82. The molecule has 1 aromatic rings. The van der Waals surface area contributed by atoms with Crippen LogP contribution in [0.15, 0.2) is 22.9 Å². The lowest BCUT2D eigenvalue weighted by Crippen LogP contribution is -2.50. The third kappa shape index (κ3) is 2.84. The maximum Gasteiger partial charge on any atom is 0.255 e. The maximum absolute atomic E-state index is 12.3. The van der Waals surface area contributed by atoms with Crippen molar-refractivity contribution in [1.29, 1.82) is 0 Å². The van der Waals surface area contributed by atoms with Gasteiger partial charge in [0.1, 0.15) is 0 Å². The van der Waals surface area contributed by atoms with Crippen LogP contribution in [-0.2, 0) is 4.74 Å². The molecule has 2 rings (SSSR count). The van der Waals surface area contributed by atoms with Crippen LogP contribution in [0.25, 0.3) is 0 Å². The van der Waals surface area contributed by atoms with Crippen molar-refractivity contribution in [2.45, 2.75) is 26.0 Å². The summed E-state index contributed by atoms with van der Waals surface area (Å²) in [6.45, 7) is 5.20. The number of amides is 1. The van der Waals surface area contributed by atoms with Gasteiger partial charge in [-0.2, -0.15) is 0 Å². The van der Waals surface area contributed by atoms with Crippen molar-refractivity contribution < 1.29 is 9.53 Å². The molecule has 1 amide bonds. The first kappa shape index (κ1) is 12.5. The summed E-state index contributed by atoms with van der Waals surface area (Å²) in [6.07, 6.45) is 3.36. The Balaban J connectivity index is 2.18. The maximum atomic E-state index is 12.3. The van der Waals surface area contributed by atoms with Crippen LogP contribution in [0.2, 0.25) is 0 Å². The van der Waals surface area contributed by atoms with Crippen molar-refractivity contribution in [3.63, 3.8) is 0 Å². The second kappa shape index (κ2) is 5.14. The molecule has 1 fully saturated rings. The highest BCUT2D eigenvalue weighted by Gasteiger charge is 2.28. The van der Waals surface area contributed by atoms with Gasteiger partial charge >= 0.3 is 0 Å². The van der Waals surface area contributed by atoms with E-state index in [0.717, 1.165) is 4.47 Å². The molecule has 0 saturated carbocycles. The normalized spacial score (nSPS) is 24.8. The number of halogens is 1. The number of hydrogen-bond donors (Lipinski definition) is 0. The van der Waals surface area contributed by atoms with E-state index < -0.39 is 0 Å². The van der Waals surface area contributed by atoms with Gasteiger partial charge in [0.15, 0.2) is 0 Å². The van der Waals surface area contributed by atoms with E-state index in [-0.39, 0.29) is 18.1 Å². The molecule has 0 spiro atoms. The lowest BCUT2D eigenvalue weighted by molar-refractivity contribution is -0.0387. The number of aromatic nitrogens is 1. The van der Waals surface area contributed by atoms with E-state index in [4.69, 9.17) is 4.74 Å². The molecule has 5 heteroatoms. The Hall–Kier alpha value is -0.940. The zero-order valence-electron chi connectivity index (χ0n) is 9.89. The second-order valence-corrected chi connectivity index (χ2v) is 5.26. The summed E-state index contributed by atoms with van der Waals surface area (Å²) >= 11 is 3.32. The van der Waals surface area contributed by atoms with Gasteiger partial charge in [0.25, 0.3) is 5.91 Å². The SMILES string of the molecule is C[C@@H]1CO[C@@H](C)CN1C(=O)c1cncc(Br)c1. The molecular formula is C12H15BrN2O2. The Morgan fingerprint density at radius 2 is 2.29 bits per heavy atom. The van der Waals surface area contributed by atoms with Crippen LogP contribution in [0.1, 0.15) is 24.2 Å². The van der Waals surface area contributed by atoms with Gasteiger partial charge in [-0.3, -0.25) is 9.78 Å². The van der Waals surface area contributed by atoms with Gasteiger partial charge in [0.2, 0.25) is 0 Å². The van der Waals surface area contributed by atoms with Crippen LogP contribution in [0.4, 0.5) is 0 Å². The van der Waals surface area contributed by atoms with Crippen LogP contribution in [0.5, 0.6) is 0 Å². The van der Waals surface area contributed by atoms with E-state index in [1.807, 2.05) is 18.7 Å². The van der Waals surface area contributed by atoms with Gasteiger partial charge in [-0.05, 0) is 35.8 Å². The molecule has 0 radical (unpaired) electrons. The van der Waals surface area contributed by atoms with Crippen molar-refractivity contribution >= 4 is 21.8 Å². The molecule has 1 saturated heterocycles. The summed E-state index contributed by atoms with van der Waals surface area (Å²) < 4.78 is 6.33. The molecule has 2 heterocycles. The first-order chi connectivity index (χ1) is 8.08. The van der Waals surface area contributed by atoms with Crippen molar-refractivity contribution in [2.75, 3.05) is 13.2 Å². The van der Waals surface area contributed by atoms with Crippen LogP contribution in [0.3, 0.4) is 0 Å². The van der Waals surface area contributed by atoms with E-state index in [0.29, 0.717) is 18.7 Å². The van der Waals surface area contributed by atoms with E-state index in [2.05, 4.69) is 20.9 Å². The minimum Gasteiger partial charge on any atom is -0.375 e. The molecule has 1 aliphatic rings. The van der Waals surface area contributed by atoms with Crippen LogP contribution in [-0.4, -0.2) is 41.1 Å². The second-order valence-electron chi connectivity index (χ2n) is 4.34. The summed E-state index contributed by atoms with van der Waals surface area (Å²) in [4.78, 5) is 18.2. The monoisotopic (exact) mass is 298 g/mol. The molecular weight excluding hydrogens is 284 g/mol.